The van der Waals surface area contributed by atoms with Crippen LogP contribution in [0, 0.1) is 0 Å². The Balaban J connectivity index is 2.87. The van der Waals surface area contributed by atoms with Crippen molar-refractivity contribution in [2.45, 2.75) is 12.6 Å². The Morgan fingerprint density at radius 1 is 1.30 bits per heavy atom. The van der Waals surface area contributed by atoms with Gasteiger partial charge in [-0.3, -0.25) is 10.1 Å². The summed E-state index contributed by atoms with van der Waals surface area (Å²) in [7, 11) is 0. The molecule has 0 aliphatic heterocycles. The number of imide groups is 1. The van der Waals surface area contributed by atoms with Gasteiger partial charge < -0.3 is 5.32 Å². The number of nitrogens with one attached hydrogen (secondary N) is 2. The standard InChI is InChI=1S/C11H9BrClF3N2O2/c12-6-1-2-8(7(5-6)11(14,15)16)17-10(20)18-9(19)3-4-13/h1-2,5H,3-4H2,(H2,17,18,19,20). The van der Waals surface area contributed by atoms with E-state index in [1.54, 1.807) is 0 Å². The highest BCUT2D eigenvalue weighted by Gasteiger charge is 2.34. The number of hydrogen-bond acceptors (Lipinski definition) is 2. The molecule has 1 rings (SSSR count). The second-order valence-corrected chi connectivity index (χ2v) is 4.92. The van der Waals surface area contributed by atoms with E-state index < -0.39 is 29.4 Å². The minimum atomic E-state index is -4.63. The molecule has 0 saturated heterocycles. The summed E-state index contributed by atoms with van der Waals surface area (Å²) in [6.45, 7) is 0. The van der Waals surface area contributed by atoms with Crippen LogP contribution >= 0.6 is 27.5 Å². The Bertz CT molecular complexity index is 523. The van der Waals surface area contributed by atoms with Gasteiger partial charge in [-0.15, -0.1) is 11.6 Å². The molecular formula is C11H9BrClF3N2O2. The van der Waals surface area contributed by atoms with Gasteiger partial charge in [0, 0.05) is 16.8 Å². The molecule has 0 aliphatic carbocycles. The topological polar surface area (TPSA) is 58.2 Å². The molecule has 0 aromatic heterocycles. The number of hydrogen-bond donors (Lipinski definition) is 2. The van der Waals surface area contributed by atoms with Gasteiger partial charge in [-0.05, 0) is 18.2 Å². The molecule has 0 aliphatic rings. The first-order valence-corrected chi connectivity index (χ1v) is 6.60. The van der Waals surface area contributed by atoms with Gasteiger partial charge >= 0.3 is 12.2 Å². The second kappa shape index (κ2) is 6.94. The maximum atomic E-state index is 12.8. The Hall–Kier alpha value is -1.28. The number of alkyl halides is 4. The van der Waals surface area contributed by atoms with Gasteiger partial charge in [0.2, 0.25) is 5.91 Å². The van der Waals surface area contributed by atoms with Gasteiger partial charge in [-0.25, -0.2) is 4.79 Å². The molecule has 0 saturated carbocycles. The number of amides is 3. The first kappa shape index (κ1) is 16.8. The smallest absolute Gasteiger partial charge is 0.307 e. The predicted octanol–water partition coefficient (Wildman–Crippen LogP) is 3.74. The lowest BCUT2D eigenvalue weighted by Gasteiger charge is -2.14. The van der Waals surface area contributed by atoms with Crippen LogP contribution in [-0.4, -0.2) is 17.8 Å². The van der Waals surface area contributed by atoms with Crippen molar-refractivity contribution in [3.05, 3.63) is 28.2 Å². The summed E-state index contributed by atoms with van der Waals surface area (Å²) >= 11 is 8.21. The zero-order chi connectivity index (χ0) is 15.3. The molecule has 4 nitrogen and oxygen atoms in total. The van der Waals surface area contributed by atoms with Crippen molar-refractivity contribution in [3.63, 3.8) is 0 Å². The normalized spacial score (nSPS) is 11.1. The number of urea groups is 1. The van der Waals surface area contributed by atoms with Crippen LogP contribution in [0.2, 0.25) is 0 Å². The fourth-order valence-corrected chi connectivity index (χ4v) is 1.82. The maximum Gasteiger partial charge on any atom is 0.418 e. The van der Waals surface area contributed by atoms with Gasteiger partial charge in [0.1, 0.15) is 0 Å². The molecule has 0 bridgehead atoms. The highest BCUT2D eigenvalue weighted by atomic mass is 79.9. The Labute approximate surface area is 125 Å². The molecule has 0 atom stereocenters. The fourth-order valence-electron chi connectivity index (χ4n) is 1.29. The lowest BCUT2D eigenvalue weighted by molar-refractivity contribution is -0.137. The quantitative estimate of drug-likeness (QED) is 0.793. The molecule has 3 amide bonds. The lowest BCUT2D eigenvalue weighted by atomic mass is 10.1. The van der Waals surface area contributed by atoms with Crippen LogP contribution in [0.4, 0.5) is 23.7 Å². The van der Waals surface area contributed by atoms with Gasteiger partial charge in [-0.2, -0.15) is 13.2 Å². The Morgan fingerprint density at radius 3 is 2.50 bits per heavy atom. The van der Waals surface area contributed by atoms with Crippen LogP contribution in [0.15, 0.2) is 22.7 Å². The number of carbonyl (C=O) groups excluding carboxylic acids is 2. The molecule has 20 heavy (non-hydrogen) atoms. The average Bonchev–Trinajstić information content (AvgIpc) is 2.30. The maximum absolute atomic E-state index is 12.8. The molecule has 0 heterocycles. The molecule has 1 aromatic carbocycles. The molecule has 110 valence electrons. The highest BCUT2D eigenvalue weighted by Crippen LogP contribution is 2.36. The summed E-state index contributed by atoms with van der Waals surface area (Å²) in [6.07, 6.45) is -4.74. The minimum Gasteiger partial charge on any atom is -0.307 e. The van der Waals surface area contributed by atoms with Crippen LogP contribution in [-0.2, 0) is 11.0 Å². The predicted molar refractivity (Wildman–Crippen MR) is 71.6 cm³/mol. The van der Waals surface area contributed by atoms with Crippen LogP contribution in [0.5, 0.6) is 0 Å². The molecule has 0 spiro atoms. The highest BCUT2D eigenvalue weighted by molar-refractivity contribution is 9.10. The molecule has 1 aromatic rings. The van der Waals surface area contributed by atoms with Crippen molar-refractivity contribution in [2.75, 3.05) is 11.2 Å². The molecule has 0 fully saturated rings. The summed E-state index contributed by atoms with van der Waals surface area (Å²) in [6, 6.07) is 2.20. The van der Waals surface area contributed by atoms with Crippen molar-refractivity contribution in [3.8, 4) is 0 Å². The van der Waals surface area contributed by atoms with Crippen molar-refractivity contribution < 1.29 is 22.8 Å². The minimum absolute atomic E-state index is 0.00516. The zero-order valence-electron chi connectivity index (χ0n) is 9.85. The van der Waals surface area contributed by atoms with Crippen molar-refractivity contribution in [1.29, 1.82) is 0 Å². The second-order valence-electron chi connectivity index (χ2n) is 3.63. The van der Waals surface area contributed by atoms with Crippen LogP contribution in [0.25, 0.3) is 0 Å². The summed E-state index contributed by atoms with van der Waals surface area (Å²) in [5.41, 5.74) is -1.47. The van der Waals surface area contributed by atoms with E-state index in [-0.39, 0.29) is 16.8 Å². The summed E-state index contributed by atoms with van der Waals surface area (Å²) in [4.78, 5) is 22.5. The third-order valence-corrected chi connectivity index (χ3v) is 2.79. The number of rotatable bonds is 3. The fraction of sp³-hybridized carbons (Fsp3) is 0.273. The molecule has 0 radical (unpaired) electrons. The van der Waals surface area contributed by atoms with E-state index in [9.17, 15) is 22.8 Å². The van der Waals surface area contributed by atoms with Gasteiger partial charge in [0.05, 0.1) is 11.3 Å². The molecule has 0 unspecified atom stereocenters. The lowest BCUT2D eigenvalue weighted by Crippen LogP contribution is -2.34. The monoisotopic (exact) mass is 372 g/mol. The number of anilines is 1. The molecule has 2 N–H and O–H groups in total. The van der Waals surface area contributed by atoms with E-state index in [1.807, 2.05) is 10.6 Å². The molecular weight excluding hydrogens is 364 g/mol. The van der Waals surface area contributed by atoms with E-state index in [4.69, 9.17) is 11.6 Å². The van der Waals surface area contributed by atoms with E-state index in [0.717, 1.165) is 12.1 Å². The SMILES string of the molecule is O=C(CCCl)NC(=O)Nc1ccc(Br)cc1C(F)(F)F. The number of benzene rings is 1. The van der Waals surface area contributed by atoms with Crippen LogP contribution in [0.1, 0.15) is 12.0 Å². The third-order valence-electron chi connectivity index (χ3n) is 2.11. The van der Waals surface area contributed by atoms with Crippen molar-refractivity contribution >= 4 is 45.2 Å². The first-order valence-electron chi connectivity index (χ1n) is 5.27. The third kappa shape index (κ3) is 5.01. The van der Waals surface area contributed by atoms with Gasteiger partial charge in [-0.1, -0.05) is 15.9 Å². The number of carbonyl (C=O) groups is 2. The first-order chi connectivity index (χ1) is 9.24. The van der Waals surface area contributed by atoms with E-state index in [1.165, 1.54) is 6.07 Å². The summed E-state index contributed by atoms with van der Waals surface area (Å²) in [5.74, 6) is -0.672. The van der Waals surface area contributed by atoms with Gasteiger partial charge in [0.15, 0.2) is 0 Å². The molecule has 9 heteroatoms. The Morgan fingerprint density at radius 2 is 1.95 bits per heavy atom. The van der Waals surface area contributed by atoms with Crippen molar-refractivity contribution in [1.82, 2.24) is 5.32 Å². The van der Waals surface area contributed by atoms with Crippen molar-refractivity contribution in [2.24, 2.45) is 0 Å². The summed E-state index contributed by atoms with van der Waals surface area (Å²) < 4.78 is 38.6. The van der Waals surface area contributed by atoms with E-state index >= 15 is 0 Å². The summed E-state index contributed by atoms with van der Waals surface area (Å²) in [5, 5.41) is 3.85. The average molecular weight is 374 g/mol. The van der Waals surface area contributed by atoms with Crippen LogP contribution in [0.3, 0.4) is 0 Å². The zero-order valence-corrected chi connectivity index (χ0v) is 12.2. The van der Waals surface area contributed by atoms with Crippen LogP contribution < -0.4 is 10.6 Å². The van der Waals surface area contributed by atoms with E-state index in [2.05, 4.69) is 15.9 Å². The Kier molecular flexibility index (Phi) is 5.82. The van der Waals surface area contributed by atoms with Gasteiger partial charge in [0.25, 0.3) is 0 Å². The largest absolute Gasteiger partial charge is 0.418 e. The van der Waals surface area contributed by atoms with E-state index in [0.29, 0.717) is 0 Å². The number of halogens is 5.